The van der Waals surface area contributed by atoms with Gasteiger partial charge in [0.2, 0.25) is 5.91 Å². The zero-order valence-corrected chi connectivity index (χ0v) is 18.8. The fourth-order valence-corrected chi connectivity index (χ4v) is 3.96. The normalized spacial score (nSPS) is 14.5. The maximum Gasteiger partial charge on any atom is 0.273 e. The van der Waals surface area contributed by atoms with Gasteiger partial charge >= 0.3 is 0 Å². The number of amides is 1. The first-order chi connectivity index (χ1) is 15.5. The number of aromatic amines is 1. The van der Waals surface area contributed by atoms with Gasteiger partial charge in [0.15, 0.2) is 5.82 Å². The summed E-state index contributed by atoms with van der Waals surface area (Å²) in [6.45, 7) is 5.88. The Morgan fingerprint density at radius 2 is 1.81 bits per heavy atom. The molecule has 1 saturated heterocycles. The lowest BCUT2D eigenvalue weighted by Gasteiger charge is -2.34. The van der Waals surface area contributed by atoms with Gasteiger partial charge in [-0.3, -0.25) is 14.5 Å². The maximum atomic E-state index is 12.6. The van der Waals surface area contributed by atoms with Gasteiger partial charge in [-0.15, -0.1) is 10.2 Å². The van der Waals surface area contributed by atoms with E-state index >= 15 is 0 Å². The summed E-state index contributed by atoms with van der Waals surface area (Å²) in [7, 11) is 0. The second-order valence-corrected chi connectivity index (χ2v) is 8.46. The van der Waals surface area contributed by atoms with Crippen LogP contribution in [0.3, 0.4) is 0 Å². The highest BCUT2D eigenvalue weighted by atomic mass is 35.5. The summed E-state index contributed by atoms with van der Waals surface area (Å²) >= 11 is 6.16. The molecule has 0 radical (unpaired) electrons. The van der Waals surface area contributed by atoms with E-state index in [2.05, 4.69) is 32.2 Å². The summed E-state index contributed by atoms with van der Waals surface area (Å²) in [5.41, 5.74) is 2.86. The van der Waals surface area contributed by atoms with Crippen LogP contribution in [-0.2, 0) is 17.8 Å². The molecule has 1 N–H and O–H groups in total. The van der Waals surface area contributed by atoms with Crippen molar-refractivity contribution < 1.29 is 4.79 Å². The van der Waals surface area contributed by atoms with Crippen LogP contribution in [-0.4, -0.2) is 57.1 Å². The molecular formula is C24H26ClN5O2. The summed E-state index contributed by atoms with van der Waals surface area (Å²) in [5.74, 6) is 0.404. The number of piperazine rings is 1. The maximum absolute atomic E-state index is 12.6. The number of rotatable bonds is 6. The van der Waals surface area contributed by atoms with Crippen molar-refractivity contribution in [3.05, 3.63) is 80.7 Å². The number of hydrogen-bond acceptors (Lipinski definition) is 5. The molecule has 7 nitrogen and oxygen atoms in total. The molecule has 4 rings (SSSR count). The fourth-order valence-electron chi connectivity index (χ4n) is 3.77. The van der Waals surface area contributed by atoms with E-state index in [1.807, 2.05) is 42.2 Å². The van der Waals surface area contributed by atoms with Crippen molar-refractivity contribution in [2.24, 2.45) is 0 Å². The molecule has 1 fully saturated rings. The first-order valence-corrected chi connectivity index (χ1v) is 11.1. The van der Waals surface area contributed by atoms with Gasteiger partial charge in [-0.1, -0.05) is 54.1 Å². The molecule has 1 amide bonds. The minimum Gasteiger partial charge on any atom is -0.340 e. The lowest BCUT2D eigenvalue weighted by Crippen LogP contribution is -2.48. The van der Waals surface area contributed by atoms with Gasteiger partial charge in [-0.25, -0.2) is 0 Å². The number of hydrogen-bond donors (Lipinski definition) is 1. The minimum absolute atomic E-state index is 0.0416. The van der Waals surface area contributed by atoms with Gasteiger partial charge in [0.25, 0.3) is 5.56 Å². The van der Waals surface area contributed by atoms with E-state index in [-0.39, 0.29) is 30.0 Å². The Bertz CT molecular complexity index is 1140. The number of halogens is 1. The van der Waals surface area contributed by atoms with E-state index in [0.717, 1.165) is 25.2 Å². The number of benzene rings is 2. The smallest absolute Gasteiger partial charge is 0.273 e. The molecule has 0 spiro atoms. The Hall–Kier alpha value is -3.03. The van der Waals surface area contributed by atoms with Crippen molar-refractivity contribution >= 4 is 17.5 Å². The molecule has 0 unspecified atom stereocenters. The Morgan fingerprint density at radius 3 is 2.50 bits per heavy atom. The van der Waals surface area contributed by atoms with Gasteiger partial charge in [0.1, 0.15) is 5.69 Å². The van der Waals surface area contributed by atoms with Crippen molar-refractivity contribution in [1.29, 1.82) is 0 Å². The first kappa shape index (κ1) is 22.2. The number of nitrogens with zero attached hydrogens (tertiary/aromatic N) is 4. The fraction of sp³-hybridized carbons (Fsp3) is 0.333. The van der Waals surface area contributed by atoms with E-state index in [4.69, 9.17) is 11.6 Å². The third-order valence-corrected chi connectivity index (χ3v) is 6.17. The summed E-state index contributed by atoms with van der Waals surface area (Å²) in [6, 6.07) is 15.8. The van der Waals surface area contributed by atoms with E-state index in [9.17, 15) is 9.59 Å². The third kappa shape index (κ3) is 5.41. The Morgan fingerprint density at radius 1 is 1.06 bits per heavy atom. The highest BCUT2D eigenvalue weighted by molar-refractivity contribution is 6.31. The average Bonchev–Trinajstić information content (AvgIpc) is 2.81. The topological polar surface area (TPSA) is 82.2 Å². The molecule has 0 aliphatic carbocycles. The Balaban J connectivity index is 1.29. The van der Waals surface area contributed by atoms with Crippen LogP contribution in [0, 0.1) is 6.92 Å². The number of H-pyrrole nitrogens is 1. The van der Waals surface area contributed by atoms with Crippen LogP contribution in [0.2, 0.25) is 5.02 Å². The van der Waals surface area contributed by atoms with Gasteiger partial charge in [0.05, 0.1) is 0 Å². The molecule has 2 heterocycles. The standard InChI is InChI=1S/C24H26ClN5O2/c1-17-7-8-19(15-20(17)25)23-26-24(32)21(27-28-23)9-10-22(31)30-13-11-29(12-14-30)16-18-5-3-2-4-6-18/h2-8,15H,9-14,16H2,1H3,(H,26,28,32). The molecule has 166 valence electrons. The highest BCUT2D eigenvalue weighted by Gasteiger charge is 2.21. The van der Waals surface area contributed by atoms with Crippen LogP contribution in [0.25, 0.3) is 11.4 Å². The van der Waals surface area contributed by atoms with Crippen molar-refractivity contribution in [3.8, 4) is 11.4 Å². The van der Waals surface area contributed by atoms with Crippen LogP contribution < -0.4 is 5.56 Å². The number of nitrogens with one attached hydrogen (secondary N) is 1. The number of aromatic nitrogens is 3. The van der Waals surface area contributed by atoms with E-state index < -0.39 is 0 Å². The monoisotopic (exact) mass is 451 g/mol. The third-order valence-electron chi connectivity index (χ3n) is 5.76. The van der Waals surface area contributed by atoms with Gasteiger partial charge in [0, 0.05) is 56.2 Å². The van der Waals surface area contributed by atoms with Crippen LogP contribution in [0.1, 0.15) is 23.2 Å². The molecule has 0 saturated carbocycles. The minimum atomic E-state index is -0.327. The summed E-state index contributed by atoms with van der Waals surface area (Å²) in [5, 5.41) is 8.79. The summed E-state index contributed by atoms with van der Waals surface area (Å²) in [4.78, 5) is 32.1. The van der Waals surface area contributed by atoms with Crippen molar-refractivity contribution in [3.63, 3.8) is 0 Å². The molecule has 0 atom stereocenters. The molecule has 8 heteroatoms. The zero-order chi connectivity index (χ0) is 22.5. The SMILES string of the molecule is Cc1ccc(-c2nnc(CCC(=O)N3CCN(Cc4ccccc4)CC3)c(=O)[nH]2)cc1Cl. The van der Waals surface area contributed by atoms with Gasteiger partial charge in [-0.05, 0) is 24.1 Å². The number of carbonyl (C=O) groups excluding carboxylic acids is 1. The van der Waals surface area contributed by atoms with Crippen molar-refractivity contribution in [2.75, 3.05) is 26.2 Å². The lowest BCUT2D eigenvalue weighted by atomic mass is 10.1. The van der Waals surface area contributed by atoms with E-state index in [1.54, 1.807) is 6.07 Å². The molecule has 1 aliphatic rings. The summed E-state index contributed by atoms with van der Waals surface area (Å²) in [6.07, 6.45) is 0.506. The van der Waals surface area contributed by atoms with Crippen LogP contribution in [0.4, 0.5) is 0 Å². The Kier molecular flexibility index (Phi) is 6.97. The van der Waals surface area contributed by atoms with Crippen LogP contribution in [0.5, 0.6) is 0 Å². The summed E-state index contributed by atoms with van der Waals surface area (Å²) < 4.78 is 0. The number of carbonyl (C=O) groups is 1. The largest absolute Gasteiger partial charge is 0.340 e. The molecule has 32 heavy (non-hydrogen) atoms. The van der Waals surface area contributed by atoms with Crippen LogP contribution >= 0.6 is 11.6 Å². The first-order valence-electron chi connectivity index (χ1n) is 10.8. The lowest BCUT2D eigenvalue weighted by molar-refractivity contribution is -0.133. The zero-order valence-electron chi connectivity index (χ0n) is 18.1. The quantitative estimate of drug-likeness (QED) is 0.622. The average molecular weight is 452 g/mol. The van der Waals surface area contributed by atoms with Gasteiger partial charge < -0.3 is 9.88 Å². The number of aryl methyl sites for hydroxylation is 2. The van der Waals surface area contributed by atoms with E-state index in [1.165, 1.54) is 5.56 Å². The molecule has 1 aliphatic heterocycles. The Labute approximate surface area is 192 Å². The molecule has 3 aromatic rings. The second-order valence-electron chi connectivity index (χ2n) is 8.06. The van der Waals surface area contributed by atoms with Crippen LogP contribution in [0.15, 0.2) is 53.3 Å². The molecule has 0 bridgehead atoms. The molecular weight excluding hydrogens is 426 g/mol. The van der Waals surface area contributed by atoms with E-state index in [0.29, 0.717) is 29.5 Å². The predicted octanol–water partition coefficient (Wildman–Crippen LogP) is 3.07. The highest BCUT2D eigenvalue weighted by Crippen LogP contribution is 2.22. The molecule has 1 aromatic heterocycles. The predicted molar refractivity (Wildman–Crippen MR) is 124 cm³/mol. The van der Waals surface area contributed by atoms with Gasteiger partial charge in [-0.2, -0.15) is 0 Å². The molecule has 2 aromatic carbocycles. The second kappa shape index (κ2) is 10.1. The van der Waals surface area contributed by atoms with Crippen molar-refractivity contribution in [2.45, 2.75) is 26.3 Å². The van der Waals surface area contributed by atoms with Crippen molar-refractivity contribution in [1.82, 2.24) is 25.0 Å².